The lowest BCUT2D eigenvalue weighted by molar-refractivity contribution is -0.890. The number of hydrogen-bond acceptors (Lipinski definition) is 1. The molecule has 0 aromatic heterocycles. The van der Waals surface area contributed by atoms with Gasteiger partial charge in [0.2, 0.25) is 0 Å². The molecule has 0 radical (unpaired) electrons. The molecule has 136 valence electrons. The van der Waals surface area contributed by atoms with Crippen LogP contribution in [0.25, 0.3) is 0 Å². The molecule has 0 fully saturated rings. The summed E-state index contributed by atoms with van der Waals surface area (Å²) in [6.07, 6.45) is 20.6. The molecule has 0 aromatic carbocycles. The van der Waals surface area contributed by atoms with E-state index in [1.165, 1.54) is 96.4 Å². The van der Waals surface area contributed by atoms with Crippen molar-refractivity contribution in [3.63, 3.8) is 0 Å². The number of quaternary nitrogens is 1. The zero-order valence-electron chi connectivity index (χ0n) is 16.4. The molecule has 0 heterocycles. The quantitative estimate of drug-likeness (QED) is 0.223. The predicted octanol–water partition coefficient (Wildman–Crippen LogP) is 6.46. The maximum Gasteiger partial charge on any atom is 0.0914 e. The van der Waals surface area contributed by atoms with E-state index in [4.69, 9.17) is 5.26 Å². The lowest BCUT2D eigenvalue weighted by Crippen LogP contribution is -2.41. The Morgan fingerprint density at radius 3 is 1.39 bits per heavy atom. The van der Waals surface area contributed by atoms with Gasteiger partial charge in [-0.15, -0.1) is 0 Å². The van der Waals surface area contributed by atoms with Crippen LogP contribution in [0.3, 0.4) is 0 Å². The Bertz CT molecular complexity index is 278. The highest BCUT2D eigenvalue weighted by Crippen LogP contribution is 2.13. The Balaban J connectivity index is 3.18. The van der Waals surface area contributed by atoms with Crippen molar-refractivity contribution in [1.29, 1.82) is 5.26 Å². The van der Waals surface area contributed by atoms with Gasteiger partial charge in [0.05, 0.1) is 39.7 Å². The van der Waals surface area contributed by atoms with Crippen molar-refractivity contribution >= 4 is 0 Å². The summed E-state index contributed by atoms with van der Waals surface area (Å²) in [6, 6.07) is 2.26. The molecule has 0 aliphatic heterocycles. The molecular formula is C21H43N2+. The van der Waals surface area contributed by atoms with Gasteiger partial charge < -0.3 is 4.48 Å². The van der Waals surface area contributed by atoms with Crippen LogP contribution in [-0.2, 0) is 0 Å². The van der Waals surface area contributed by atoms with E-state index in [-0.39, 0.29) is 0 Å². The van der Waals surface area contributed by atoms with E-state index < -0.39 is 0 Å². The van der Waals surface area contributed by atoms with E-state index in [1.54, 1.807) is 0 Å². The third-order valence-corrected chi connectivity index (χ3v) is 4.95. The highest BCUT2D eigenvalue weighted by molar-refractivity contribution is 4.67. The van der Waals surface area contributed by atoms with Gasteiger partial charge in [-0.3, -0.25) is 0 Å². The molecule has 0 rings (SSSR count). The zero-order valence-corrected chi connectivity index (χ0v) is 16.4. The van der Waals surface area contributed by atoms with E-state index in [0.29, 0.717) is 6.42 Å². The fourth-order valence-electron chi connectivity index (χ4n) is 3.20. The summed E-state index contributed by atoms with van der Waals surface area (Å²) < 4.78 is 1.01. The molecule has 0 aliphatic carbocycles. The minimum atomic E-state index is 0.686. The van der Waals surface area contributed by atoms with Crippen molar-refractivity contribution in [3.8, 4) is 6.07 Å². The van der Waals surface area contributed by atoms with Crippen LogP contribution in [0.1, 0.15) is 103 Å². The van der Waals surface area contributed by atoms with Crippen molar-refractivity contribution < 1.29 is 4.48 Å². The van der Waals surface area contributed by atoms with Crippen LogP contribution in [0.5, 0.6) is 0 Å². The molecule has 0 N–H and O–H groups in total. The van der Waals surface area contributed by atoms with Crippen LogP contribution in [0.4, 0.5) is 0 Å². The van der Waals surface area contributed by atoms with Crippen molar-refractivity contribution in [1.82, 2.24) is 0 Å². The number of rotatable bonds is 17. The van der Waals surface area contributed by atoms with Crippen LogP contribution in [-0.4, -0.2) is 31.7 Å². The highest BCUT2D eigenvalue weighted by Gasteiger charge is 2.13. The Morgan fingerprint density at radius 1 is 0.609 bits per heavy atom. The third-order valence-electron chi connectivity index (χ3n) is 4.95. The zero-order chi connectivity index (χ0) is 17.2. The number of unbranched alkanes of at least 4 members (excludes halogenated alkanes) is 13. The molecule has 2 nitrogen and oxygen atoms in total. The summed E-state index contributed by atoms with van der Waals surface area (Å²) in [5.74, 6) is 0. The Kier molecular flexibility index (Phi) is 15.9. The SMILES string of the molecule is CCCCCCCCCCCCCCCC[N+](C)(C)CCC#N. The first kappa shape index (κ1) is 22.4. The average Bonchev–Trinajstić information content (AvgIpc) is 2.53. The maximum absolute atomic E-state index is 8.66. The van der Waals surface area contributed by atoms with Crippen LogP contribution >= 0.6 is 0 Å². The van der Waals surface area contributed by atoms with Gasteiger partial charge in [-0.1, -0.05) is 84.0 Å². The summed E-state index contributed by atoms with van der Waals surface area (Å²) in [6.45, 7) is 4.50. The molecule has 0 unspecified atom stereocenters. The first-order valence-electron chi connectivity index (χ1n) is 10.3. The number of nitrogens with zero attached hydrogens (tertiary/aromatic N) is 2. The van der Waals surface area contributed by atoms with Crippen molar-refractivity contribution in [2.45, 2.75) is 103 Å². The second kappa shape index (κ2) is 16.3. The van der Waals surface area contributed by atoms with Crippen LogP contribution in [0.2, 0.25) is 0 Å². The van der Waals surface area contributed by atoms with Crippen molar-refractivity contribution in [2.24, 2.45) is 0 Å². The molecule has 0 bridgehead atoms. The van der Waals surface area contributed by atoms with Gasteiger partial charge in [-0.25, -0.2) is 0 Å². The van der Waals surface area contributed by atoms with Crippen LogP contribution in [0, 0.1) is 11.3 Å². The predicted molar refractivity (Wildman–Crippen MR) is 102 cm³/mol. The molecule has 23 heavy (non-hydrogen) atoms. The van der Waals surface area contributed by atoms with Gasteiger partial charge in [-0.05, 0) is 12.8 Å². The van der Waals surface area contributed by atoms with Gasteiger partial charge in [0.25, 0.3) is 0 Å². The largest absolute Gasteiger partial charge is 0.328 e. The topological polar surface area (TPSA) is 23.8 Å². The highest BCUT2D eigenvalue weighted by atomic mass is 15.3. The van der Waals surface area contributed by atoms with Gasteiger partial charge >= 0.3 is 0 Å². The monoisotopic (exact) mass is 323 g/mol. The van der Waals surface area contributed by atoms with Crippen molar-refractivity contribution in [2.75, 3.05) is 27.2 Å². The average molecular weight is 324 g/mol. The van der Waals surface area contributed by atoms with Gasteiger partial charge in [0, 0.05) is 0 Å². The molecule has 0 amide bonds. The fraction of sp³-hybridized carbons (Fsp3) is 0.952. The minimum absolute atomic E-state index is 0.686. The van der Waals surface area contributed by atoms with Gasteiger partial charge in [0.1, 0.15) is 0 Å². The Morgan fingerprint density at radius 2 is 1.00 bits per heavy atom. The fourth-order valence-corrected chi connectivity index (χ4v) is 3.20. The first-order valence-corrected chi connectivity index (χ1v) is 10.3. The summed E-state index contributed by atoms with van der Waals surface area (Å²) >= 11 is 0. The molecule has 0 atom stereocenters. The number of nitriles is 1. The van der Waals surface area contributed by atoms with Crippen LogP contribution in [0.15, 0.2) is 0 Å². The third kappa shape index (κ3) is 17.6. The molecule has 0 saturated heterocycles. The summed E-state index contributed by atoms with van der Waals surface area (Å²) in [5.41, 5.74) is 0. The van der Waals surface area contributed by atoms with E-state index in [9.17, 15) is 0 Å². The minimum Gasteiger partial charge on any atom is -0.328 e. The lowest BCUT2D eigenvalue weighted by atomic mass is 10.0. The molecule has 0 aliphatic rings. The molecule has 0 saturated carbocycles. The van der Waals surface area contributed by atoms with Crippen molar-refractivity contribution in [3.05, 3.63) is 0 Å². The van der Waals surface area contributed by atoms with Gasteiger partial charge in [0.15, 0.2) is 0 Å². The second-order valence-corrected chi connectivity index (χ2v) is 7.89. The Hall–Kier alpha value is -0.550. The summed E-state index contributed by atoms with van der Waals surface area (Å²) in [5, 5.41) is 8.66. The Labute approximate surface area is 146 Å². The summed E-state index contributed by atoms with van der Waals surface area (Å²) in [7, 11) is 4.50. The molecule has 2 heteroatoms. The molecule has 0 spiro atoms. The van der Waals surface area contributed by atoms with E-state index in [2.05, 4.69) is 27.1 Å². The maximum atomic E-state index is 8.66. The van der Waals surface area contributed by atoms with E-state index in [1.807, 2.05) is 0 Å². The first-order chi connectivity index (χ1) is 11.1. The smallest absolute Gasteiger partial charge is 0.0914 e. The van der Waals surface area contributed by atoms with E-state index in [0.717, 1.165) is 11.0 Å². The molecule has 0 aromatic rings. The van der Waals surface area contributed by atoms with E-state index >= 15 is 0 Å². The van der Waals surface area contributed by atoms with Gasteiger partial charge in [-0.2, -0.15) is 5.26 Å². The second-order valence-electron chi connectivity index (χ2n) is 7.89. The standard InChI is InChI=1S/C21H43N2/c1-4-5-6-7-8-9-10-11-12-13-14-15-16-17-20-23(2,3)21-18-19-22/h4-18,20-21H2,1-3H3/q+1. The van der Waals surface area contributed by atoms with Crippen LogP contribution < -0.4 is 0 Å². The lowest BCUT2D eigenvalue weighted by Gasteiger charge is -2.28. The number of hydrogen-bond donors (Lipinski definition) is 0. The summed E-state index contributed by atoms with van der Waals surface area (Å²) in [4.78, 5) is 0. The normalized spacial score (nSPS) is 11.6. The molecular weight excluding hydrogens is 280 g/mol.